The van der Waals surface area contributed by atoms with E-state index in [1.54, 1.807) is 0 Å². The van der Waals surface area contributed by atoms with Crippen LogP contribution in [0.5, 0.6) is 0 Å². The van der Waals surface area contributed by atoms with Crippen LogP contribution in [0.25, 0.3) is 0 Å². The molecular weight excluding hydrogens is 470 g/mol. The molecule has 1 aliphatic heterocycles. The molecule has 1 heterocycles. The molecule has 0 spiro atoms. The van der Waals surface area contributed by atoms with Crippen molar-refractivity contribution in [3.8, 4) is 0 Å². The average molecular weight is 497 g/mol. The average Bonchev–Trinajstić information content (AvgIpc) is 2.84. The molecule has 1 saturated heterocycles. The van der Waals surface area contributed by atoms with Crippen LogP contribution in [0.1, 0.15) is 39.0 Å². The van der Waals surface area contributed by atoms with E-state index < -0.39 is 21.9 Å². The maximum absolute atomic E-state index is 12.9. The summed E-state index contributed by atoms with van der Waals surface area (Å²) in [5.74, 6) is -0.427. The van der Waals surface area contributed by atoms with E-state index >= 15 is 0 Å². The van der Waals surface area contributed by atoms with Gasteiger partial charge in [-0.05, 0) is 38.5 Å². The van der Waals surface area contributed by atoms with Crippen molar-refractivity contribution in [2.45, 2.75) is 51.2 Å². The Labute approximate surface area is 164 Å². The van der Waals surface area contributed by atoms with Gasteiger partial charge in [-0.2, -0.15) is 13.2 Å². The highest BCUT2D eigenvalue weighted by Gasteiger charge is 2.42. The number of hydrogen-bond acceptors (Lipinski definition) is 3. The van der Waals surface area contributed by atoms with Gasteiger partial charge >= 0.3 is 6.18 Å². The van der Waals surface area contributed by atoms with Crippen molar-refractivity contribution >= 4 is 39.8 Å². The molecule has 0 bridgehead atoms. The molecule has 5 nitrogen and oxygen atoms in total. The fourth-order valence-corrected chi connectivity index (χ4v) is 5.22. The third kappa shape index (κ3) is 7.48. The van der Waals surface area contributed by atoms with Crippen LogP contribution < -0.4 is 10.6 Å². The summed E-state index contributed by atoms with van der Waals surface area (Å²) < 4.78 is 61.6. The van der Waals surface area contributed by atoms with Gasteiger partial charge in [0, 0.05) is 19.1 Å². The number of rotatable bonds is 4. The van der Waals surface area contributed by atoms with Crippen molar-refractivity contribution in [3.05, 3.63) is 0 Å². The first-order chi connectivity index (χ1) is 11.2. The molecule has 10 heteroatoms. The first kappa shape index (κ1) is 22.8. The minimum absolute atomic E-state index is 0. The second kappa shape index (κ2) is 9.61. The molecule has 2 aliphatic rings. The Balaban J connectivity index is 0.00000312. The molecule has 1 saturated carbocycles. The summed E-state index contributed by atoms with van der Waals surface area (Å²) in [5, 5.41) is 6.13. The lowest BCUT2D eigenvalue weighted by Gasteiger charge is -2.32. The summed E-state index contributed by atoms with van der Waals surface area (Å²) in [6.07, 6.45) is -2.06. The summed E-state index contributed by atoms with van der Waals surface area (Å²) in [6.45, 7) is 2.87. The maximum Gasteiger partial charge on any atom is 0.391 e. The first-order valence-corrected chi connectivity index (χ1v) is 10.3. The number of nitrogens with one attached hydrogen (secondary N) is 2. The normalized spacial score (nSPS) is 29.8. The molecule has 148 valence electrons. The van der Waals surface area contributed by atoms with Crippen molar-refractivity contribution in [1.29, 1.82) is 0 Å². The number of nitrogens with zero attached hydrogens (tertiary/aromatic N) is 1. The van der Waals surface area contributed by atoms with Gasteiger partial charge in [-0.1, -0.05) is 6.42 Å². The van der Waals surface area contributed by atoms with Gasteiger partial charge in [0.1, 0.15) is 0 Å². The second-order valence-corrected chi connectivity index (χ2v) is 8.96. The van der Waals surface area contributed by atoms with Crippen LogP contribution >= 0.6 is 24.0 Å². The van der Waals surface area contributed by atoms with Gasteiger partial charge in [-0.25, -0.2) is 8.42 Å². The van der Waals surface area contributed by atoms with Crippen LogP contribution in [-0.4, -0.2) is 51.2 Å². The molecule has 1 aliphatic carbocycles. The number of sulfone groups is 1. The van der Waals surface area contributed by atoms with Crippen molar-refractivity contribution in [2.24, 2.45) is 16.8 Å². The van der Waals surface area contributed by atoms with Gasteiger partial charge in [-0.15, -0.1) is 24.0 Å². The molecule has 0 amide bonds. The predicted octanol–water partition coefficient (Wildman–Crippen LogP) is 2.72. The summed E-state index contributed by atoms with van der Waals surface area (Å²) in [6, 6.07) is -0.254. The third-order valence-electron chi connectivity index (χ3n) is 4.66. The second-order valence-electron chi connectivity index (χ2n) is 6.74. The molecule has 0 aromatic carbocycles. The highest BCUT2D eigenvalue weighted by molar-refractivity contribution is 14.0. The molecular formula is C15H27F3IN3O2S. The predicted molar refractivity (Wildman–Crippen MR) is 103 cm³/mol. The Hall–Kier alpha value is -0.260. The zero-order valence-corrected chi connectivity index (χ0v) is 17.5. The molecule has 3 atom stereocenters. The van der Waals surface area contributed by atoms with E-state index in [-0.39, 0.29) is 60.3 Å². The molecule has 2 rings (SSSR count). The fourth-order valence-electron chi connectivity index (χ4n) is 3.37. The number of halogens is 4. The number of alkyl halides is 3. The molecule has 0 radical (unpaired) electrons. The zero-order chi connectivity index (χ0) is 17.8. The zero-order valence-electron chi connectivity index (χ0n) is 14.3. The van der Waals surface area contributed by atoms with E-state index in [9.17, 15) is 21.6 Å². The third-order valence-corrected chi connectivity index (χ3v) is 6.49. The van der Waals surface area contributed by atoms with Crippen molar-refractivity contribution in [3.63, 3.8) is 0 Å². The van der Waals surface area contributed by atoms with E-state index in [2.05, 4.69) is 15.6 Å². The number of hydrogen-bond donors (Lipinski definition) is 2. The molecule has 25 heavy (non-hydrogen) atoms. The standard InChI is InChI=1S/C15H26F3N3O2S.HI/c1-2-19-14(20-9-11-6-7-24(22,23)10-11)21-13-5-3-4-12(8-13)15(16,17)18;/h11-13H,2-10H2,1H3,(H2,19,20,21);1H. The van der Waals surface area contributed by atoms with E-state index in [1.165, 1.54) is 0 Å². The van der Waals surface area contributed by atoms with E-state index in [1.807, 2.05) is 6.92 Å². The van der Waals surface area contributed by atoms with Crippen LogP contribution in [0.15, 0.2) is 4.99 Å². The maximum atomic E-state index is 12.9. The van der Waals surface area contributed by atoms with Crippen LogP contribution in [0.2, 0.25) is 0 Å². The molecule has 3 unspecified atom stereocenters. The minimum Gasteiger partial charge on any atom is -0.357 e. The Morgan fingerprint density at radius 2 is 1.96 bits per heavy atom. The fraction of sp³-hybridized carbons (Fsp3) is 0.933. The Morgan fingerprint density at radius 3 is 2.52 bits per heavy atom. The van der Waals surface area contributed by atoms with Gasteiger partial charge < -0.3 is 10.6 Å². The van der Waals surface area contributed by atoms with Crippen LogP contribution in [-0.2, 0) is 9.84 Å². The van der Waals surface area contributed by atoms with E-state index in [0.29, 0.717) is 38.3 Å². The summed E-state index contributed by atoms with van der Waals surface area (Å²) >= 11 is 0. The highest BCUT2D eigenvalue weighted by atomic mass is 127. The van der Waals surface area contributed by atoms with Crippen LogP contribution in [0.3, 0.4) is 0 Å². The van der Waals surface area contributed by atoms with E-state index in [4.69, 9.17) is 0 Å². The monoisotopic (exact) mass is 497 g/mol. The molecule has 0 aromatic heterocycles. The Morgan fingerprint density at radius 1 is 1.24 bits per heavy atom. The Bertz CT molecular complexity index is 555. The van der Waals surface area contributed by atoms with Crippen molar-refractivity contribution in [1.82, 2.24) is 10.6 Å². The lowest BCUT2D eigenvalue weighted by atomic mass is 9.85. The summed E-state index contributed by atoms with van der Waals surface area (Å²) in [5.41, 5.74) is 0. The topological polar surface area (TPSA) is 70.6 Å². The summed E-state index contributed by atoms with van der Waals surface area (Å²) in [4.78, 5) is 4.39. The quantitative estimate of drug-likeness (QED) is 0.356. The van der Waals surface area contributed by atoms with Crippen LogP contribution in [0.4, 0.5) is 13.2 Å². The molecule has 2 N–H and O–H groups in total. The van der Waals surface area contributed by atoms with Gasteiger partial charge in [0.05, 0.1) is 17.4 Å². The lowest BCUT2D eigenvalue weighted by Crippen LogP contribution is -2.47. The van der Waals surface area contributed by atoms with Gasteiger partial charge in [-0.3, -0.25) is 4.99 Å². The summed E-state index contributed by atoms with van der Waals surface area (Å²) in [7, 11) is -2.94. The van der Waals surface area contributed by atoms with Crippen LogP contribution in [0, 0.1) is 11.8 Å². The van der Waals surface area contributed by atoms with Gasteiger partial charge in [0.25, 0.3) is 0 Å². The highest BCUT2D eigenvalue weighted by Crippen LogP contribution is 2.37. The number of aliphatic imine (C=N–C) groups is 1. The largest absolute Gasteiger partial charge is 0.391 e. The number of guanidine groups is 1. The first-order valence-electron chi connectivity index (χ1n) is 8.51. The minimum atomic E-state index is -4.14. The van der Waals surface area contributed by atoms with E-state index in [0.717, 1.165) is 0 Å². The molecule has 2 fully saturated rings. The smallest absolute Gasteiger partial charge is 0.357 e. The SMILES string of the molecule is CCNC(=NCC1CCS(=O)(=O)C1)NC1CCCC(C(F)(F)F)C1.I. The lowest BCUT2D eigenvalue weighted by molar-refractivity contribution is -0.183. The van der Waals surface area contributed by atoms with Crippen molar-refractivity contribution in [2.75, 3.05) is 24.6 Å². The van der Waals surface area contributed by atoms with Gasteiger partial charge in [0.2, 0.25) is 0 Å². The van der Waals surface area contributed by atoms with Crippen molar-refractivity contribution < 1.29 is 21.6 Å². The molecule has 0 aromatic rings. The Kier molecular flexibility index (Phi) is 8.76. The van der Waals surface area contributed by atoms with Gasteiger partial charge in [0.15, 0.2) is 15.8 Å².